The lowest BCUT2D eigenvalue weighted by molar-refractivity contribution is -0.0216. The standard InChI is InChI=1S/C46H58F4O7P2/c1-40(2,3)54-58(52,55-41(4,5)6)45(47,48)37-27-23-33(24-28-37)31-44(36-21-17-14-18-22-36,39(51)35-19-15-13-16-20-35)32-34-25-29-38(30-26-34)46(49,50)59(53,56-42(7,8)9)57-43(10,11)12/h13-30H,31-32H2,1-12H3. The molecule has 0 unspecified atom stereocenters. The molecule has 0 aliphatic carbocycles. The molecular formula is C46H58F4O7P2. The molecule has 0 saturated heterocycles. The third kappa shape index (κ3) is 11.9. The number of ketones is 1. The Hall–Kier alpha value is -3.43. The van der Waals surface area contributed by atoms with Crippen molar-refractivity contribution in [2.75, 3.05) is 0 Å². The highest BCUT2D eigenvalue weighted by atomic mass is 31.2. The van der Waals surface area contributed by atoms with Gasteiger partial charge in [-0.25, -0.2) is 0 Å². The van der Waals surface area contributed by atoms with Crippen LogP contribution in [-0.4, -0.2) is 28.2 Å². The zero-order valence-corrected chi connectivity index (χ0v) is 37.9. The predicted octanol–water partition coefficient (Wildman–Crippen LogP) is 14.0. The number of carbonyl (C=O) groups excluding carboxylic acids is 1. The maximum Gasteiger partial charge on any atom is 0.405 e. The van der Waals surface area contributed by atoms with Crippen LogP contribution >= 0.6 is 15.2 Å². The molecule has 7 nitrogen and oxygen atoms in total. The van der Waals surface area contributed by atoms with Gasteiger partial charge in [0.05, 0.1) is 27.8 Å². The molecule has 4 rings (SSSR count). The second-order valence-electron chi connectivity index (χ2n) is 18.8. The third-order valence-corrected chi connectivity index (χ3v) is 13.7. The van der Waals surface area contributed by atoms with E-state index in [1.807, 2.05) is 0 Å². The van der Waals surface area contributed by atoms with Crippen LogP contribution in [0.25, 0.3) is 0 Å². The van der Waals surface area contributed by atoms with Gasteiger partial charge in [-0.1, -0.05) is 109 Å². The number of halogens is 4. The minimum atomic E-state index is -5.11. The monoisotopic (exact) mass is 860 g/mol. The molecule has 0 atom stereocenters. The van der Waals surface area contributed by atoms with Crippen molar-refractivity contribution in [1.29, 1.82) is 0 Å². The first-order valence-corrected chi connectivity index (χ1v) is 22.5. The van der Waals surface area contributed by atoms with Crippen LogP contribution in [0.4, 0.5) is 17.6 Å². The van der Waals surface area contributed by atoms with Crippen LogP contribution in [0, 0.1) is 0 Å². The summed E-state index contributed by atoms with van der Waals surface area (Å²) in [6.07, 6.45) is -0.00557. The van der Waals surface area contributed by atoms with Gasteiger partial charge in [-0.2, -0.15) is 17.6 Å². The van der Waals surface area contributed by atoms with Crippen LogP contribution in [0.2, 0.25) is 0 Å². The molecule has 59 heavy (non-hydrogen) atoms. The van der Waals surface area contributed by atoms with Crippen LogP contribution in [0.1, 0.15) is 121 Å². The van der Waals surface area contributed by atoms with Gasteiger partial charge in [0.1, 0.15) is 0 Å². The van der Waals surface area contributed by atoms with Gasteiger partial charge < -0.3 is 0 Å². The van der Waals surface area contributed by atoms with Gasteiger partial charge in [-0.15, -0.1) is 0 Å². The summed E-state index contributed by atoms with van der Waals surface area (Å²) in [7, 11) is -10.2. The molecule has 0 spiro atoms. The van der Waals surface area contributed by atoms with Crippen LogP contribution in [-0.2, 0) is 56.8 Å². The minimum absolute atomic E-state index is 0.00278. The Morgan fingerprint density at radius 3 is 1.02 bits per heavy atom. The number of hydrogen-bond donors (Lipinski definition) is 0. The largest absolute Gasteiger partial charge is 0.405 e. The van der Waals surface area contributed by atoms with Gasteiger partial charge in [0.25, 0.3) is 0 Å². The summed E-state index contributed by atoms with van der Waals surface area (Å²) in [6, 6.07) is 27.9. The maximum absolute atomic E-state index is 16.3. The van der Waals surface area contributed by atoms with Crippen molar-refractivity contribution in [2.45, 2.75) is 135 Å². The van der Waals surface area contributed by atoms with Crippen molar-refractivity contribution in [3.63, 3.8) is 0 Å². The fourth-order valence-electron chi connectivity index (χ4n) is 6.55. The summed E-state index contributed by atoms with van der Waals surface area (Å²) in [5.74, 6) is -0.295. The Kier molecular flexibility index (Phi) is 14.0. The van der Waals surface area contributed by atoms with Crippen molar-refractivity contribution in [3.05, 3.63) is 143 Å². The van der Waals surface area contributed by atoms with Crippen LogP contribution in [0.3, 0.4) is 0 Å². The first kappa shape index (κ1) is 48.2. The van der Waals surface area contributed by atoms with E-state index in [0.717, 1.165) is 24.3 Å². The lowest BCUT2D eigenvalue weighted by Gasteiger charge is -2.36. The number of hydrogen-bond acceptors (Lipinski definition) is 7. The van der Waals surface area contributed by atoms with E-state index >= 15 is 17.6 Å². The van der Waals surface area contributed by atoms with Crippen molar-refractivity contribution < 1.29 is 49.6 Å². The summed E-state index contributed by atoms with van der Waals surface area (Å²) in [5.41, 5.74) is -13.7. The van der Waals surface area contributed by atoms with E-state index in [2.05, 4.69) is 0 Å². The molecule has 4 aromatic rings. The molecular weight excluding hydrogens is 802 g/mol. The van der Waals surface area contributed by atoms with E-state index in [4.69, 9.17) is 18.1 Å². The number of Topliss-reactive ketones (excluding diaryl/α,β-unsaturated/α-hetero) is 1. The summed E-state index contributed by atoms with van der Waals surface area (Å²) >= 11 is 0. The maximum atomic E-state index is 16.3. The number of alkyl halides is 4. The number of rotatable bonds is 15. The average molecular weight is 861 g/mol. The topological polar surface area (TPSA) is 88.1 Å². The van der Waals surface area contributed by atoms with Crippen LogP contribution in [0.15, 0.2) is 109 Å². The van der Waals surface area contributed by atoms with Crippen molar-refractivity contribution >= 4 is 21.0 Å². The molecule has 0 radical (unpaired) electrons. The third-order valence-electron chi connectivity index (χ3n) is 8.68. The van der Waals surface area contributed by atoms with Gasteiger partial charge >= 0.3 is 26.5 Å². The van der Waals surface area contributed by atoms with Crippen molar-refractivity contribution in [2.24, 2.45) is 0 Å². The van der Waals surface area contributed by atoms with Gasteiger partial charge in [0, 0.05) is 16.7 Å². The summed E-state index contributed by atoms with van der Waals surface area (Å²) in [4.78, 5) is 14.9. The minimum Gasteiger partial charge on any atom is -0.298 e. The van der Waals surface area contributed by atoms with Gasteiger partial charge in [-0.3, -0.25) is 32.0 Å². The molecule has 0 N–H and O–H groups in total. The molecule has 0 heterocycles. The molecule has 0 saturated carbocycles. The summed E-state index contributed by atoms with van der Waals surface area (Å²) in [6.45, 7) is 18.1. The molecule has 0 amide bonds. The molecule has 0 aromatic heterocycles. The Bertz CT molecular complexity index is 1980. The Balaban J connectivity index is 1.84. The van der Waals surface area contributed by atoms with Crippen LogP contribution in [0.5, 0.6) is 0 Å². The number of carbonyl (C=O) groups is 1. The lowest BCUT2D eigenvalue weighted by atomic mass is 9.67. The SMILES string of the molecule is CC(C)(C)OP(=O)(OC(C)(C)C)C(F)(F)c1ccc(CC(Cc2ccc(C(F)(F)P(=O)(OC(C)(C)C)OC(C)(C)C)cc2)(C(=O)c2ccccc2)c2ccccc2)cc1. The molecule has 322 valence electrons. The molecule has 13 heteroatoms. The smallest absolute Gasteiger partial charge is 0.298 e. The molecule has 0 aliphatic heterocycles. The number of benzene rings is 4. The van der Waals surface area contributed by atoms with Gasteiger partial charge in [-0.05, 0) is 113 Å². The second kappa shape index (κ2) is 17.1. The average Bonchev–Trinajstić information content (AvgIpc) is 3.09. The molecule has 0 bridgehead atoms. The predicted molar refractivity (Wildman–Crippen MR) is 226 cm³/mol. The van der Waals surface area contributed by atoms with Crippen molar-refractivity contribution in [3.8, 4) is 0 Å². The summed E-state index contributed by atoms with van der Waals surface area (Å²) in [5, 5.41) is 0. The zero-order chi connectivity index (χ0) is 44.5. The van der Waals surface area contributed by atoms with E-state index in [-0.39, 0.29) is 18.6 Å². The Morgan fingerprint density at radius 1 is 0.441 bits per heavy atom. The first-order valence-electron chi connectivity index (χ1n) is 19.4. The fraction of sp³-hybridized carbons (Fsp3) is 0.457. The Morgan fingerprint density at radius 2 is 0.729 bits per heavy atom. The van der Waals surface area contributed by atoms with E-state index in [1.54, 1.807) is 60.7 Å². The van der Waals surface area contributed by atoms with E-state index in [0.29, 0.717) is 22.3 Å². The molecule has 4 aromatic carbocycles. The highest BCUT2D eigenvalue weighted by molar-refractivity contribution is 7.55. The van der Waals surface area contributed by atoms with E-state index in [1.165, 1.54) is 107 Å². The molecule has 0 fully saturated rings. The molecule has 0 aliphatic rings. The highest BCUT2D eigenvalue weighted by Gasteiger charge is 2.59. The quantitative estimate of drug-likeness (QED) is 0.0668. The fourth-order valence-corrected chi connectivity index (χ4v) is 10.9. The lowest BCUT2D eigenvalue weighted by Crippen LogP contribution is -2.40. The zero-order valence-electron chi connectivity index (χ0n) is 36.1. The normalized spacial score (nSPS) is 14.0. The van der Waals surface area contributed by atoms with E-state index < -0.39 is 65.5 Å². The summed E-state index contributed by atoms with van der Waals surface area (Å²) < 4.78 is 115. The highest BCUT2D eigenvalue weighted by Crippen LogP contribution is 2.71. The van der Waals surface area contributed by atoms with Gasteiger partial charge in [0.2, 0.25) is 0 Å². The van der Waals surface area contributed by atoms with E-state index in [9.17, 15) is 13.9 Å². The first-order chi connectivity index (χ1) is 26.8. The van der Waals surface area contributed by atoms with Crippen molar-refractivity contribution in [1.82, 2.24) is 0 Å². The van der Waals surface area contributed by atoms with Gasteiger partial charge in [0.15, 0.2) is 5.78 Å². The Labute approximate surface area is 347 Å². The second-order valence-corrected chi connectivity index (χ2v) is 22.6. The van der Waals surface area contributed by atoms with Crippen LogP contribution < -0.4 is 0 Å².